The molecule has 3 heteroatoms. The zero-order valence-electron chi connectivity index (χ0n) is 12.6. The number of nitrogens with one attached hydrogen (secondary N) is 1. The van der Waals surface area contributed by atoms with E-state index >= 15 is 0 Å². The predicted octanol–water partition coefficient (Wildman–Crippen LogP) is 4.26. The number of carbonyl (C=O) groups is 1. The Morgan fingerprint density at radius 2 is 1.82 bits per heavy atom. The van der Waals surface area contributed by atoms with Gasteiger partial charge in [-0.3, -0.25) is 0 Å². The maximum Gasteiger partial charge on any atom is 0.335 e. The Balaban J connectivity index is 1.85. The van der Waals surface area contributed by atoms with Crippen molar-refractivity contribution >= 4 is 5.97 Å². The normalized spacial score (nSPS) is 18.6. The number of hydrogen-bond donors (Lipinski definition) is 2. The highest BCUT2D eigenvalue weighted by atomic mass is 16.4. The monoisotopic (exact) mass is 295 g/mol. The smallest absolute Gasteiger partial charge is 0.335 e. The third-order valence-electron chi connectivity index (χ3n) is 4.31. The zero-order valence-corrected chi connectivity index (χ0v) is 12.6. The molecule has 0 aliphatic carbocycles. The summed E-state index contributed by atoms with van der Waals surface area (Å²) < 4.78 is 0. The van der Waals surface area contributed by atoms with Crippen LogP contribution in [-0.4, -0.2) is 17.6 Å². The van der Waals surface area contributed by atoms with Gasteiger partial charge in [-0.05, 0) is 54.3 Å². The van der Waals surface area contributed by atoms with Gasteiger partial charge >= 0.3 is 5.97 Å². The molecule has 1 fully saturated rings. The van der Waals surface area contributed by atoms with Crippen LogP contribution in [0.15, 0.2) is 48.5 Å². The van der Waals surface area contributed by atoms with Gasteiger partial charge in [0.2, 0.25) is 0 Å². The second-order valence-corrected chi connectivity index (χ2v) is 5.86. The van der Waals surface area contributed by atoms with E-state index in [4.69, 9.17) is 5.11 Å². The van der Waals surface area contributed by atoms with Gasteiger partial charge in [0.25, 0.3) is 0 Å². The highest BCUT2D eigenvalue weighted by molar-refractivity contribution is 5.88. The van der Waals surface area contributed by atoms with Gasteiger partial charge in [-0.1, -0.05) is 43.2 Å². The first-order chi connectivity index (χ1) is 10.7. The first-order valence-electron chi connectivity index (χ1n) is 7.91. The molecule has 1 aliphatic heterocycles. The highest BCUT2D eigenvalue weighted by Crippen LogP contribution is 2.27. The average molecular weight is 295 g/mol. The topological polar surface area (TPSA) is 49.3 Å². The number of carboxylic acid groups (broad SMARTS) is 1. The molecule has 3 rings (SSSR count). The van der Waals surface area contributed by atoms with Crippen molar-refractivity contribution in [1.82, 2.24) is 5.32 Å². The largest absolute Gasteiger partial charge is 0.478 e. The molecule has 0 aromatic heterocycles. The van der Waals surface area contributed by atoms with Crippen LogP contribution >= 0.6 is 0 Å². The summed E-state index contributed by atoms with van der Waals surface area (Å²) in [4.78, 5) is 10.9. The van der Waals surface area contributed by atoms with E-state index in [1.807, 2.05) is 12.1 Å². The second kappa shape index (κ2) is 6.75. The molecule has 1 aliphatic rings. The van der Waals surface area contributed by atoms with Gasteiger partial charge in [0.15, 0.2) is 0 Å². The summed E-state index contributed by atoms with van der Waals surface area (Å²) in [6, 6.07) is 16.1. The van der Waals surface area contributed by atoms with Gasteiger partial charge in [0.1, 0.15) is 0 Å². The van der Waals surface area contributed by atoms with Crippen molar-refractivity contribution in [2.45, 2.75) is 31.7 Å². The molecule has 0 bridgehead atoms. The average Bonchev–Trinajstić information content (AvgIpc) is 2.84. The SMILES string of the molecule is O=C(O)c1ccc(-c2cccc(C3CCCCCN3)c2)cc1. The van der Waals surface area contributed by atoms with E-state index in [1.165, 1.54) is 31.2 Å². The Morgan fingerprint density at radius 3 is 2.59 bits per heavy atom. The Bertz CT molecular complexity index is 641. The van der Waals surface area contributed by atoms with E-state index in [9.17, 15) is 4.79 Å². The van der Waals surface area contributed by atoms with Crippen LogP contribution in [0.25, 0.3) is 11.1 Å². The van der Waals surface area contributed by atoms with Crippen LogP contribution in [0.1, 0.15) is 47.6 Å². The van der Waals surface area contributed by atoms with Gasteiger partial charge in [0, 0.05) is 6.04 Å². The number of rotatable bonds is 3. The van der Waals surface area contributed by atoms with E-state index in [2.05, 4.69) is 29.6 Å². The second-order valence-electron chi connectivity index (χ2n) is 5.86. The standard InChI is InChI=1S/C19H21NO2/c21-19(22)15-10-8-14(9-11-15)16-5-4-6-17(13-16)18-7-2-1-3-12-20-18/h4-6,8-11,13,18,20H,1-3,7,12H2,(H,21,22). The van der Waals surface area contributed by atoms with Crippen LogP contribution in [0.3, 0.4) is 0 Å². The predicted molar refractivity (Wildman–Crippen MR) is 88.0 cm³/mol. The molecule has 0 spiro atoms. The molecule has 2 aromatic carbocycles. The summed E-state index contributed by atoms with van der Waals surface area (Å²) >= 11 is 0. The summed E-state index contributed by atoms with van der Waals surface area (Å²) in [5.74, 6) is -0.886. The molecule has 1 unspecified atom stereocenters. The molecule has 0 saturated carbocycles. The van der Waals surface area contributed by atoms with E-state index < -0.39 is 5.97 Å². The molecular formula is C19H21NO2. The molecule has 3 nitrogen and oxygen atoms in total. The first-order valence-corrected chi connectivity index (χ1v) is 7.91. The lowest BCUT2D eigenvalue weighted by Crippen LogP contribution is -2.20. The lowest BCUT2D eigenvalue weighted by molar-refractivity contribution is 0.0697. The van der Waals surface area contributed by atoms with E-state index in [-0.39, 0.29) is 0 Å². The van der Waals surface area contributed by atoms with Crippen molar-refractivity contribution in [1.29, 1.82) is 0 Å². The van der Waals surface area contributed by atoms with Crippen molar-refractivity contribution in [3.05, 3.63) is 59.7 Å². The van der Waals surface area contributed by atoms with Crippen LogP contribution in [0.2, 0.25) is 0 Å². The maximum atomic E-state index is 10.9. The van der Waals surface area contributed by atoms with Crippen LogP contribution in [-0.2, 0) is 0 Å². The fourth-order valence-corrected chi connectivity index (χ4v) is 3.05. The van der Waals surface area contributed by atoms with Crippen molar-refractivity contribution in [3.8, 4) is 11.1 Å². The molecule has 22 heavy (non-hydrogen) atoms. The Kier molecular flexibility index (Phi) is 4.54. The zero-order chi connectivity index (χ0) is 15.4. The van der Waals surface area contributed by atoms with Gasteiger partial charge < -0.3 is 10.4 Å². The fraction of sp³-hybridized carbons (Fsp3) is 0.316. The van der Waals surface area contributed by atoms with Crippen LogP contribution < -0.4 is 5.32 Å². The molecule has 2 aromatic rings. The summed E-state index contributed by atoms with van der Waals surface area (Å²) in [7, 11) is 0. The third kappa shape index (κ3) is 3.37. The molecule has 1 atom stereocenters. The number of carboxylic acids is 1. The van der Waals surface area contributed by atoms with Crippen LogP contribution in [0.4, 0.5) is 0 Å². The number of hydrogen-bond acceptors (Lipinski definition) is 2. The van der Waals surface area contributed by atoms with Crippen LogP contribution in [0.5, 0.6) is 0 Å². The van der Waals surface area contributed by atoms with Crippen molar-refractivity contribution < 1.29 is 9.90 Å². The quantitative estimate of drug-likeness (QED) is 0.889. The minimum Gasteiger partial charge on any atom is -0.478 e. The first kappa shape index (κ1) is 14.8. The molecule has 1 saturated heterocycles. The summed E-state index contributed by atoms with van der Waals surface area (Å²) in [6.07, 6.45) is 5.02. The molecular weight excluding hydrogens is 274 g/mol. The van der Waals surface area contributed by atoms with E-state index in [0.29, 0.717) is 11.6 Å². The molecule has 1 heterocycles. The minimum absolute atomic E-state index is 0.324. The lowest BCUT2D eigenvalue weighted by Gasteiger charge is -2.17. The van der Waals surface area contributed by atoms with Crippen molar-refractivity contribution in [2.75, 3.05) is 6.54 Å². The van der Waals surface area contributed by atoms with Crippen molar-refractivity contribution in [2.24, 2.45) is 0 Å². The molecule has 0 amide bonds. The van der Waals surface area contributed by atoms with Crippen LogP contribution in [0, 0.1) is 0 Å². The summed E-state index contributed by atoms with van der Waals surface area (Å²) in [5.41, 5.74) is 3.84. The molecule has 0 radical (unpaired) electrons. The molecule has 114 valence electrons. The van der Waals surface area contributed by atoms with E-state index in [1.54, 1.807) is 12.1 Å². The number of aromatic carboxylic acids is 1. The Hall–Kier alpha value is -2.13. The van der Waals surface area contributed by atoms with Crippen molar-refractivity contribution in [3.63, 3.8) is 0 Å². The Labute approximate surface area is 131 Å². The molecule has 2 N–H and O–H groups in total. The van der Waals surface area contributed by atoms with E-state index in [0.717, 1.165) is 17.7 Å². The lowest BCUT2D eigenvalue weighted by atomic mass is 9.96. The van der Waals surface area contributed by atoms with Gasteiger partial charge in [-0.15, -0.1) is 0 Å². The van der Waals surface area contributed by atoms with Gasteiger partial charge in [0.05, 0.1) is 5.56 Å². The maximum absolute atomic E-state index is 10.9. The summed E-state index contributed by atoms with van der Waals surface area (Å²) in [5, 5.41) is 12.6. The highest BCUT2D eigenvalue weighted by Gasteiger charge is 2.14. The summed E-state index contributed by atoms with van der Waals surface area (Å²) in [6.45, 7) is 1.09. The third-order valence-corrected chi connectivity index (χ3v) is 4.31. The van der Waals surface area contributed by atoms with Gasteiger partial charge in [-0.25, -0.2) is 4.79 Å². The Morgan fingerprint density at radius 1 is 1.00 bits per heavy atom. The number of benzene rings is 2. The van der Waals surface area contributed by atoms with Gasteiger partial charge in [-0.2, -0.15) is 0 Å². The fourth-order valence-electron chi connectivity index (χ4n) is 3.05. The minimum atomic E-state index is -0.886.